The zero-order chi connectivity index (χ0) is 24.2. The van der Waals surface area contributed by atoms with E-state index < -0.39 is 12.1 Å². The third-order valence-corrected chi connectivity index (χ3v) is 6.02. The number of carbonyl (C=O) groups excluding carboxylic acids is 2. The van der Waals surface area contributed by atoms with Crippen LogP contribution >= 0.6 is 11.3 Å². The summed E-state index contributed by atoms with van der Waals surface area (Å²) in [5.41, 5.74) is 1.10. The van der Waals surface area contributed by atoms with Gasteiger partial charge in [0, 0.05) is 5.38 Å². The number of hydrogen-bond donors (Lipinski definition) is 0. The Labute approximate surface area is 203 Å². The summed E-state index contributed by atoms with van der Waals surface area (Å²) >= 11 is 1.36. The predicted octanol–water partition coefficient (Wildman–Crippen LogP) is 4.61. The molecular formula is C25H19FN2O6S. The molecule has 8 nitrogen and oxygen atoms in total. The van der Waals surface area contributed by atoms with Crippen molar-refractivity contribution in [3.63, 3.8) is 0 Å². The van der Waals surface area contributed by atoms with Crippen LogP contribution in [0.1, 0.15) is 21.3 Å². The molecule has 0 aliphatic carbocycles. The molecule has 5 rings (SSSR count). The molecule has 1 aliphatic rings. The van der Waals surface area contributed by atoms with Crippen LogP contribution < -0.4 is 14.4 Å². The Morgan fingerprint density at radius 2 is 1.91 bits per heavy atom. The normalized spacial score (nSPS) is 14.7. The first kappa shape index (κ1) is 22.6. The minimum Gasteiger partial charge on any atom is -0.486 e. The molecule has 178 valence electrons. The van der Waals surface area contributed by atoms with Gasteiger partial charge in [-0.15, -0.1) is 11.3 Å². The summed E-state index contributed by atoms with van der Waals surface area (Å²) in [6.45, 7) is 0.124. The average molecular weight is 495 g/mol. The number of carbonyl (C=O) groups is 2. The van der Waals surface area contributed by atoms with E-state index in [1.807, 2.05) is 0 Å². The van der Waals surface area contributed by atoms with Crippen molar-refractivity contribution >= 4 is 28.9 Å². The number of ether oxygens (including phenoxy) is 3. The lowest BCUT2D eigenvalue weighted by atomic mass is 10.1. The van der Waals surface area contributed by atoms with Crippen molar-refractivity contribution in [1.82, 2.24) is 4.98 Å². The number of amides is 1. The largest absolute Gasteiger partial charge is 0.486 e. The Bertz CT molecular complexity index is 1320. The third kappa shape index (κ3) is 5.17. The fourth-order valence-corrected chi connectivity index (χ4v) is 4.17. The number of nitrogens with zero attached hydrogens (tertiary/aromatic N) is 2. The second-order valence-corrected chi connectivity index (χ2v) is 8.49. The van der Waals surface area contributed by atoms with E-state index in [9.17, 15) is 14.0 Å². The highest BCUT2D eigenvalue weighted by molar-refractivity contribution is 7.09. The van der Waals surface area contributed by atoms with Crippen LogP contribution in [-0.4, -0.2) is 29.5 Å². The number of rotatable bonds is 7. The highest BCUT2D eigenvalue weighted by Gasteiger charge is 2.36. The SMILES string of the molecule is O=C(OCc1csc(COc2ccc(F)cc2)n1)C1CN(C(=O)c2ccco2)c2ccccc2O1. The van der Waals surface area contributed by atoms with E-state index >= 15 is 0 Å². The molecule has 3 heterocycles. The molecule has 0 N–H and O–H groups in total. The fourth-order valence-electron chi connectivity index (χ4n) is 3.48. The van der Waals surface area contributed by atoms with Gasteiger partial charge >= 0.3 is 5.97 Å². The molecule has 0 saturated carbocycles. The number of halogens is 1. The van der Waals surface area contributed by atoms with E-state index in [-0.39, 0.29) is 37.2 Å². The van der Waals surface area contributed by atoms with Crippen molar-refractivity contribution < 1.29 is 32.6 Å². The predicted molar refractivity (Wildman–Crippen MR) is 124 cm³/mol. The highest BCUT2D eigenvalue weighted by atomic mass is 32.1. The zero-order valence-electron chi connectivity index (χ0n) is 18.3. The maximum absolute atomic E-state index is 13.0. The number of para-hydroxylation sites is 2. The van der Waals surface area contributed by atoms with Crippen LogP contribution in [-0.2, 0) is 22.7 Å². The maximum Gasteiger partial charge on any atom is 0.349 e. The van der Waals surface area contributed by atoms with Gasteiger partial charge in [-0.2, -0.15) is 0 Å². The van der Waals surface area contributed by atoms with Crippen molar-refractivity contribution in [3.05, 3.63) is 94.6 Å². The Balaban J connectivity index is 1.20. The lowest BCUT2D eigenvalue weighted by Gasteiger charge is -2.33. The highest BCUT2D eigenvalue weighted by Crippen LogP contribution is 2.34. The van der Waals surface area contributed by atoms with Gasteiger partial charge in [0.05, 0.1) is 24.2 Å². The van der Waals surface area contributed by atoms with E-state index in [2.05, 4.69) is 4.98 Å². The van der Waals surface area contributed by atoms with Gasteiger partial charge in [-0.1, -0.05) is 12.1 Å². The smallest absolute Gasteiger partial charge is 0.349 e. The fraction of sp³-hybridized carbons (Fsp3) is 0.160. The molecule has 0 fully saturated rings. The molecule has 0 bridgehead atoms. The molecule has 1 aliphatic heterocycles. The van der Waals surface area contributed by atoms with Gasteiger partial charge in [0.15, 0.2) is 5.76 Å². The van der Waals surface area contributed by atoms with E-state index in [0.29, 0.717) is 27.9 Å². The molecule has 0 spiro atoms. The summed E-state index contributed by atoms with van der Waals surface area (Å²) in [7, 11) is 0. The first-order valence-electron chi connectivity index (χ1n) is 10.7. The van der Waals surface area contributed by atoms with Crippen LogP contribution in [0.4, 0.5) is 10.1 Å². The van der Waals surface area contributed by atoms with Crippen molar-refractivity contribution in [1.29, 1.82) is 0 Å². The first-order valence-corrected chi connectivity index (χ1v) is 11.5. The molecule has 2 aromatic carbocycles. The molecule has 1 unspecified atom stereocenters. The summed E-state index contributed by atoms with van der Waals surface area (Å²) in [4.78, 5) is 31.6. The van der Waals surface area contributed by atoms with Crippen LogP contribution in [0.25, 0.3) is 0 Å². The molecule has 0 radical (unpaired) electrons. The van der Waals surface area contributed by atoms with Crippen molar-refractivity contribution in [2.45, 2.75) is 19.3 Å². The Morgan fingerprint density at radius 1 is 1.09 bits per heavy atom. The van der Waals surface area contributed by atoms with Crippen molar-refractivity contribution in [2.24, 2.45) is 0 Å². The van der Waals surface area contributed by atoms with Crippen molar-refractivity contribution in [3.8, 4) is 11.5 Å². The second kappa shape index (κ2) is 9.98. The van der Waals surface area contributed by atoms with E-state index in [4.69, 9.17) is 18.6 Å². The molecule has 10 heteroatoms. The number of thiazole rings is 1. The maximum atomic E-state index is 13.0. The van der Waals surface area contributed by atoms with Crippen LogP contribution in [0.2, 0.25) is 0 Å². The minimum atomic E-state index is -1.01. The molecule has 1 amide bonds. The molecule has 4 aromatic rings. The van der Waals surface area contributed by atoms with E-state index in [1.54, 1.807) is 41.8 Å². The van der Waals surface area contributed by atoms with Crippen LogP contribution in [0.3, 0.4) is 0 Å². The van der Waals surface area contributed by atoms with E-state index in [1.165, 1.54) is 46.8 Å². The molecular weight excluding hydrogens is 475 g/mol. The summed E-state index contributed by atoms with van der Waals surface area (Å²) < 4.78 is 35.1. The number of benzene rings is 2. The zero-order valence-corrected chi connectivity index (χ0v) is 19.1. The molecule has 35 heavy (non-hydrogen) atoms. The Morgan fingerprint density at radius 3 is 2.71 bits per heavy atom. The second-order valence-electron chi connectivity index (χ2n) is 7.55. The van der Waals surface area contributed by atoms with Gasteiger partial charge in [0.2, 0.25) is 6.10 Å². The third-order valence-electron chi connectivity index (χ3n) is 5.15. The first-order chi connectivity index (χ1) is 17.1. The average Bonchev–Trinajstić information content (AvgIpc) is 3.58. The number of anilines is 1. The van der Waals surface area contributed by atoms with Crippen LogP contribution in [0.15, 0.2) is 76.7 Å². The van der Waals surface area contributed by atoms with Gasteiger partial charge in [-0.3, -0.25) is 9.69 Å². The van der Waals surface area contributed by atoms with Gasteiger partial charge in [-0.25, -0.2) is 14.2 Å². The van der Waals surface area contributed by atoms with Crippen LogP contribution in [0.5, 0.6) is 11.5 Å². The Kier molecular flexibility index (Phi) is 6.44. The standard InChI is InChI=1S/C25H19FN2O6S/c26-16-7-9-18(10-8-16)32-14-23-27-17(15-35-23)13-33-25(30)22-12-28(24(29)21-6-3-11-31-21)19-4-1-2-5-20(19)34-22/h1-11,15,22H,12-14H2. The summed E-state index contributed by atoms with van der Waals surface area (Å²) in [5.74, 6) is -0.253. The molecule has 2 aromatic heterocycles. The summed E-state index contributed by atoms with van der Waals surface area (Å²) in [5, 5.41) is 2.44. The lowest BCUT2D eigenvalue weighted by Crippen LogP contribution is -2.47. The van der Waals surface area contributed by atoms with E-state index in [0.717, 1.165) is 0 Å². The van der Waals surface area contributed by atoms with Gasteiger partial charge in [0.1, 0.15) is 35.5 Å². The number of fused-ring (bicyclic) bond motifs is 1. The van der Waals surface area contributed by atoms with Crippen LogP contribution in [0, 0.1) is 5.82 Å². The Hall–Kier alpha value is -4.18. The topological polar surface area (TPSA) is 91.1 Å². The monoisotopic (exact) mass is 494 g/mol. The quantitative estimate of drug-likeness (QED) is 0.347. The number of aromatic nitrogens is 1. The number of furan rings is 1. The van der Waals surface area contributed by atoms with Gasteiger partial charge in [-0.05, 0) is 48.5 Å². The van der Waals surface area contributed by atoms with Gasteiger partial charge < -0.3 is 18.6 Å². The summed E-state index contributed by atoms with van der Waals surface area (Å²) in [6, 6.07) is 15.9. The summed E-state index contributed by atoms with van der Waals surface area (Å²) in [6.07, 6.45) is 0.404. The lowest BCUT2D eigenvalue weighted by molar-refractivity contribution is -0.153. The molecule has 0 saturated heterocycles. The van der Waals surface area contributed by atoms with Gasteiger partial charge in [0.25, 0.3) is 5.91 Å². The number of esters is 1. The minimum absolute atomic E-state index is 0.0246. The molecule has 1 atom stereocenters. The van der Waals surface area contributed by atoms with Crippen molar-refractivity contribution in [2.75, 3.05) is 11.4 Å². The number of hydrogen-bond acceptors (Lipinski definition) is 8.